The highest BCUT2D eigenvalue weighted by Gasteiger charge is 2.23. The average molecular weight is 360 g/mol. The zero-order valence-corrected chi connectivity index (χ0v) is 16.0. The number of allylic oxidation sites excluding steroid dienone is 2. The normalized spacial score (nSPS) is 20.3. The fourth-order valence-corrected chi connectivity index (χ4v) is 3.55. The Hall–Kier alpha value is -2.35. The average Bonchev–Trinajstić information content (AvgIpc) is 2.94. The molecule has 0 aromatic carbocycles. The van der Waals surface area contributed by atoms with Crippen LogP contribution in [0, 0.1) is 0 Å². The molecule has 2 aromatic heterocycles. The molecule has 2 heterocycles. The summed E-state index contributed by atoms with van der Waals surface area (Å²) in [4.78, 5) is 29.6. The van der Waals surface area contributed by atoms with Crippen LogP contribution >= 0.6 is 0 Å². The van der Waals surface area contributed by atoms with Gasteiger partial charge in [0.15, 0.2) is 11.2 Å². The van der Waals surface area contributed by atoms with Crippen LogP contribution in [0.1, 0.15) is 39.5 Å². The third-order valence-electron chi connectivity index (χ3n) is 5.08. The second-order valence-corrected chi connectivity index (χ2v) is 7.47. The minimum Gasteiger partial charge on any atom is -0.353 e. The molecule has 1 aliphatic carbocycles. The number of nitrogens with one attached hydrogen (secondary N) is 1. The maximum Gasteiger partial charge on any atom is 0.332 e. The van der Waals surface area contributed by atoms with Gasteiger partial charge in [-0.1, -0.05) is 11.6 Å². The van der Waals surface area contributed by atoms with E-state index in [-0.39, 0.29) is 23.3 Å². The summed E-state index contributed by atoms with van der Waals surface area (Å²) in [5.41, 5.74) is 7.40. The van der Waals surface area contributed by atoms with Crippen molar-refractivity contribution in [2.75, 3.05) is 5.32 Å². The molecule has 8 nitrogen and oxygen atoms in total. The van der Waals surface area contributed by atoms with Crippen LogP contribution in [0.4, 0.5) is 5.95 Å². The lowest BCUT2D eigenvalue weighted by atomic mass is 9.92. The Balaban J connectivity index is 2.14. The summed E-state index contributed by atoms with van der Waals surface area (Å²) < 4.78 is 4.42. The molecule has 3 N–H and O–H groups in total. The molecule has 2 atom stereocenters. The number of rotatable bonds is 4. The molecule has 142 valence electrons. The van der Waals surface area contributed by atoms with Gasteiger partial charge in [0.1, 0.15) is 0 Å². The number of aryl methyl sites for hydroxylation is 1. The molecular formula is C18H28N6O2. The SMILES string of the molecule is CC(C)=CCn1c(N[C@@H]2CCC[C@@H](N)C2)nc2c1c(=O)n(C)c(=O)n2C. The third-order valence-corrected chi connectivity index (χ3v) is 5.08. The number of hydrogen-bond donors (Lipinski definition) is 2. The van der Waals surface area contributed by atoms with Gasteiger partial charge in [0.2, 0.25) is 5.95 Å². The van der Waals surface area contributed by atoms with E-state index in [4.69, 9.17) is 5.73 Å². The van der Waals surface area contributed by atoms with Crippen LogP contribution in [0.25, 0.3) is 11.2 Å². The van der Waals surface area contributed by atoms with Gasteiger partial charge in [0.05, 0.1) is 0 Å². The molecule has 0 bridgehead atoms. The molecule has 1 saturated carbocycles. The van der Waals surface area contributed by atoms with Crippen LogP contribution in [0.2, 0.25) is 0 Å². The van der Waals surface area contributed by atoms with Crippen LogP contribution in [0.15, 0.2) is 21.2 Å². The Labute approximate surface area is 152 Å². The molecule has 3 rings (SSSR count). The highest BCUT2D eigenvalue weighted by atomic mass is 16.2. The fraction of sp³-hybridized carbons (Fsp3) is 0.611. The number of hydrogen-bond acceptors (Lipinski definition) is 5. The zero-order chi connectivity index (χ0) is 19.0. The first kappa shape index (κ1) is 18.4. The lowest BCUT2D eigenvalue weighted by Crippen LogP contribution is -2.37. The fourth-order valence-electron chi connectivity index (χ4n) is 3.55. The first-order valence-corrected chi connectivity index (χ1v) is 9.11. The van der Waals surface area contributed by atoms with Gasteiger partial charge < -0.3 is 15.6 Å². The molecule has 1 aliphatic rings. The summed E-state index contributed by atoms with van der Waals surface area (Å²) in [6.45, 7) is 4.55. The smallest absolute Gasteiger partial charge is 0.332 e. The summed E-state index contributed by atoms with van der Waals surface area (Å²) in [7, 11) is 3.14. The van der Waals surface area contributed by atoms with E-state index in [0.717, 1.165) is 35.8 Å². The second-order valence-electron chi connectivity index (χ2n) is 7.47. The van der Waals surface area contributed by atoms with Crippen molar-refractivity contribution < 1.29 is 0 Å². The van der Waals surface area contributed by atoms with Crippen molar-refractivity contribution in [2.45, 2.75) is 58.2 Å². The van der Waals surface area contributed by atoms with Crippen LogP contribution < -0.4 is 22.3 Å². The maximum atomic E-state index is 12.7. The first-order valence-electron chi connectivity index (χ1n) is 9.11. The number of imidazole rings is 1. The van der Waals surface area contributed by atoms with Crippen molar-refractivity contribution >= 4 is 17.1 Å². The van der Waals surface area contributed by atoms with Crippen molar-refractivity contribution in [3.63, 3.8) is 0 Å². The van der Waals surface area contributed by atoms with E-state index >= 15 is 0 Å². The molecule has 1 fully saturated rings. The minimum atomic E-state index is -0.374. The van der Waals surface area contributed by atoms with E-state index in [2.05, 4.69) is 10.3 Å². The van der Waals surface area contributed by atoms with E-state index in [1.54, 1.807) is 7.05 Å². The number of fused-ring (bicyclic) bond motifs is 1. The summed E-state index contributed by atoms with van der Waals surface area (Å²) in [5, 5.41) is 3.47. The standard InChI is InChI=1S/C18H28N6O2/c1-11(2)8-9-24-14-15(22(3)18(26)23(4)16(14)25)21-17(24)20-13-7-5-6-12(19)10-13/h8,12-13H,5-7,9-10,19H2,1-4H3,(H,20,21)/t12-,13-/m1/s1. The Morgan fingerprint density at radius 3 is 2.65 bits per heavy atom. The van der Waals surface area contributed by atoms with Crippen LogP contribution in [0.3, 0.4) is 0 Å². The van der Waals surface area contributed by atoms with Crippen LogP contribution in [-0.2, 0) is 20.6 Å². The zero-order valence-electron chi connectivity index (χ0n) is 16.0. The van der Waals surface area contributed by atoms with Gasteiger partial charge in [-0.3, -0.25) is 13.9 Å². The van der Waals surface area contributed by atoms with Crippen LogP contribution in [0.5, 0.6) is 0 Å². The van der Waals surface area contributed by atoms with Crippen molar-refractivity contribution in [1.82, 2.24) is 18.7 Å². The third kappa shape index (κ3) is 3.33. The summed E-state index contributed by atoms with van der Waals surface area (Å²) in [6, 6.07) is 0.413. The summed E-state index contributed by atoms with van der Waals surface area (Å²) >= 11 is 0. The maximum absolute atomic E-state index is 12.7. The molecule has 2 aromatic rings. The van der Waals surface area contributed by atoms with Crippen molar-refractivity contribution in [2.24, 2.45) is 19.8 Å². The molecular weight excluding hydrogens is 332 g/mol. The van der Waals surface area contributed by atoms with Gasteiger partial charge in [-0.2, -0.15) is 4.98 Å². The highest BCUT2D eigenvalue weighted by Crippen LogP contribution is 2.23. The van der Waals surface area contributed by atoms with E-state index in [1.807, 2.05) is 24.5 Å². The summed E-state index contributed by atoms with van der Waals surface area (Å²) in [6.07, 6.45) is 6.07. The van der Waals surface area contributed by atoms with Gasteiger partial charge in [-0.05, 0) is 39.5 Å². The topological polar surface area (TPSA) is 99.9 Å². The number of anilines is 1. The molecule has 8 heteroatoms. The van der Waals surface area contributed by atoms with E-state index in [0.29, 0.717) is 23.7 Å². The first-order chi connectivity index (χ1) is 12.3. The number of nitrogens with zero attached hydrogens (tertiary/aromatic N) is 4. The van der Waals surface area contributed by atoms with Gasteiger partial charge in [0.25, 0.3) is 5.56 Å². The second kappa shape index (κ2) is 7.11. The minimum absolute atomic E-state index is 0.189. The molecule has 0 radical (unpaired) electrons. The Kier molecular flexibility index (Phi) is 5.04. The molecule has 0 unspecified atom stereocenters. The Morgan fingerprint density at radius 1 is 1.27 bits per heavy atom. The van der Waals surface area contributed by atoms with Gasteiger partial charge >= 0.3 is 5.69 Å². The lowest BCUT2D eigenvalue weighted by molar-refractivity contribution is 0.407. The van der Waals surface area contributed by atoms with Gasteiger partial charge in [-0.25, -0.2) is 4.79 Å². The summed E-state index contributed by atoms with van der Waals surface area (Å²) in [5.74, 6) is 0.620. The van der Waals surface area contributed by atoms with Crippen LogP contribution in [-0.4, -0.2) is 30.8 Å². The Morgan fingerprint density at radius 2 is 2.00 bits per heavy atom. The predicted octanol–water partition coefficient (Wildman–Crippen LogP) is 1.08. The molecule has 0 spiro atoms. The monoisotopic (exact) mass is 360 g/mol. The van der Waals surface area contributed by atoms with Gasteiger partial charge in [-0.15, -0.1) is 0 Å². The van der Waals surface area contributed by atoms with E-state index < -0.39 is 0 Å². The number of aromatic nitrogens is 4. The largest absolute Gasteiger partial charge is 0.353 e. The molecule has 0 saturated heterocycles. The van der Waals surface area contributed by atoms with E-state index in [9.17, 15) is 9.59 Å². The van der Waals surface area contributed by atoms with Crippen molar-refractivity contribution in [3.8, 4) is 0 Å². The lowest BCUT2D eigenvalue weighted by Gasteiger charge is -2.27. The van der Waals surface area contributed by atoms with E-state index in [1.165, 1.54) is 11.6 Å². The molecule has 0 aliphatic heterocycles. The quantitative estimate of drug-likeness (QED) is 0.795. The molecule has 0 amide bonds. The van der Waals surface area contributed by atoms with Crippen molar-refractivity contribution in [3.05, 3.63) is 32.5 Å². The Bertz CT molecular complexity index is 961. The highest BCUT2D eigenvalue weighted by molar-refractivity contribution is 5.74. The van der Waals surface area contributed by atoms with Crippen molar-refractivity contribution in [1.29, 1.82) is 0 Å². The molecule has 26 heavy (non-hydrogen) atoms. The van der Waals surface area contributed by atoms with Gasteiger partial charge in [0, 0.05) is 32.7 Å². The predicted molar refractivity (Wildman–Crippen MR) is 104 cm³/mol. The number of nitrogens with two attached hydrogens (primary N) is 1.